The van der Waals surface area contributed by atoms with Crippen molar-refractivity contribution < 1.29 is 9.66 Å². The molecule has 0 bridgehead atoms. The zero-order chi connectivity index (χ0) is 13.8. The molecule has 0 aromatic heterocycles. The predicted molar refractivity (Wildman–Crippen MR) is 79.3 cm³/mol. The quantitative estimate of drug-likeness (QED) is 0.565. The van der Waals surface area contributed by atoms with Crippen molar-refractivity contribution in [2.45, 2.75) is 6.61 Å². The molecular weight excluding hydrogens is 378 g/mol. The van der Waals surface area contributed by atoms with Gasteiger partial charge in [-0.15, -0.1) is 0 Å². The molecule has 0 amide bonds. The molecule has 6 heteroatoms. The van der Waals surface area contributed by atoms with E-state index in [-0.39, 0.29) is 12.3 Å². The van der Waals surface area contributed by atoms with Gasteiger partial charge in [0.15, 0.2) is 0 Å². The molecule has 2 rings (SSSR count). The monoisotopic (exact) mass is 385 g/mol. The second-order valence-electron chi connectivity index (χ2n) is 3.75. The molecule has 0 spiro atoms. The van der Waals surface area contributed by atoms with E-state index in [0.717, 1.165) is 10.0 Å². The van der Waals surface area contributed by atoms with Crippen molar-refractivity contribution in [2.24, 2.45) is 0 Å². The van der Waals surface area contributed by atoms with Crippen LogP contribution in [0.4, 0.5) is 5.69 Å². The molecule has 0 fully saturated rings. The van der Waals surface area contributed by atoms with Gasteiger partial charge in [0.1, 0.15) is 16.8 Å². The number of nitrogens with zero attached hydrogens (tertiary/aromatic N) is 1. The fourth-order valence-electron chi connectivity index (χ4n) is 1.54. The molecule has 98 valence electrons. The molecule has 0 radical (unpaired) electrons. The highest BCUT2D eigenvalue weighted by Crippen LogP contribution is 2.29. The molecule has 0 atom stereocenters. The van der Waals surface area contributed by atoms with Crippen LogP contribution in [-0.2, 0) is 6.61 Å². The summed E-state index contributed by atoms with van der Waals surface area (Å²) < 4.78 is 6.98. The Kier molecular flexibility index (Phi) is 4.55. The van der Waals surface area contributed by atoms with Crippen LogP contribution in [0.5, 0.6) is 5.75 Å². The summed E-state index contributed by atoms with van der Waals surface area (Å²) in [4.78, 5) is 10.4. The molecule has 0 heterocycles. The number of hydrogen-bond donors (Lipinski definition) is 0. The smallest absolute Gasteiger partial charge is 0.283 e. The van der Waals surface area contributed by atoms with Gasteiger partial charge in [-0.05, 0) is 34.1 Å². The fraction of sp³-hybridized carbons (Fsp3) is 0.0769. The van der Waals surface area contributed by atoms with Crippen LogP contribution in [-0.4, -0.2) is 4.92 Å². The zero-order valence-electron chi connectivity index (χ0n) is 9.68. The van der Waals surface area contributed by atoms with Gasteiger partial charge in [0.25, 0.3) is 5.69 Å². The van der Waals surface area contributed by atoms with E-state index in [2.05, 4.69) is 31.9 Å². The van der Waals surface area contributed by atoms with E-state index in [1.165, 1.54) is 6.07 Å². The van der Waals surface area contributed by atoms with Gasteiger partial charge in [-0.25, -0.2) is 0 Å². The Labute approximate surface area is 126 Å². The molecule has 4 nitrogen and oxygen atoms in total. The van der Waals surface area contributed by atoms with Gasteiger partial charge in [0.05, 0.1) is 4.92 Å². The summed E-state index contributed by atoms with van der Waals surface area (Å²) in [6.07, 6.45) is 0. The van der Waals surface area contributed by atoms with Gasteiger partial charge in [0, 0.05) is 16.1 Å². The molecule has 0 N–H and O–H groups in total. The first-order valence-electron chi connectivity index (χ1n) is 5.38. The van der Waals surface area contributed by atoms with Crippen LogP contribution in [0.15, 0.2) is 51.4 Å². The van der Waals surface area contributed by atoms with E-state index in [9.17, 15) is 10.1 Å². The molecule has 0 aliphatic heterocycles. The van der Waals surface area contributed by atoms with Gasteiger partial charge < -0.3 is 4.74 Å². The summed E-state index contributed by atoms with van der Waals surface area (Å²) >= 11 is 6.59. The molecule has 0 aliphatic rings. The lowest BCUT2D eigenvalue weighted by Gasteiger charge is -2.08. The third-order valence-electron chi connectivity index (χ3n) is 2.45. The zero-order valence-corrected chi connectivity index (χ0v) is 12.8. The number of halogens is 2. The maximum atomic E-state index is 10.8. The third-order valence-corrected chi connectivity index (χ3v) is 3.85. The second kappa shape index (κ2) is 6.16. The standard InChI is InChI=1S/C13H9Br2NO3/c14-10-4-2-5-11(7-10)19-8-9-3-1-6-12(13(9)15)16(17)18/h1-7H,8H2. The van der Waals surface area contributed by atoms with Crippen molar-refractivity contribution in [1.82, 2.24) is 0 Å². The fourth-order valence-corrected chi connectivity index (χ4v) is 2.44. The van der Waals surface area contributed by atoms with Crippen LogP contribution in [0, 0.1) is 10.1 Å². The molecule has 2 aromatic carbocycles. The summed E-state index contributed by atoms with van der Waals surface area (Å²) in [5, 5.41) is 10.8. The topological polar surface area (TPSA) is 52.4 Å². The molecule has 0 aliphatic carbocycles. The molecule has 0 saturated heterocycles. The van der Waals surface area contributed by atoms with Gasteiger partial charge in [-0.2, -0.15) is 0 Å². The van der Waals surface area contributed by atoms with Gasteiger partial charge in [-0.1, -0.05) is 34.1 Å². The van der Waals surface area contributed by atoms with Crippen molar-refractivity contribution in [2.75, 3.05) is 0 Å². The van der Waals surface area contributed by atoms with Crippen molar-refractivity contribution in [1.29, 1.82) is 0 Å². The minimum Gasteiger partial charge on any atom is -0.489 e. The Balaban J connectivity index is 2.16. The Hall–Kier alpha value is -1.40. The molecule has 2 aromatic rings. The molecular formula is C13H9Br2NO3. The van der Waals surface area contributed by atoms with Crippen LogP contribution >= 0.6 is 31.9 Å². The largest absolute Gasteiger partial charge is 0.489 e. The first-order valence-corrected chi connectivity index (χ1v) is 6.96. The van der Waals surface area contributed by atoms with Crippen LogP contribution in [0.3, 0.4) is 0 Å². The van der Waals surface area contributed by atoms with Gasteiger partial charge in [-0.3, -0.25) is 10.1 Å². The number of hydrogen-bond acceptors (Lipinski definition) is 3. The van der Waals surface area contributed by atoms with Crippen molar-refractivity contribution in [3.63, 3.8) is 0 Å². The average Bonchev–Trinajstić information content (AvgIpc) is 2.37. The maximum Gasteiger partial charge on any atom is 0.283 e. The summed E-state index contributed by atoms with van der Waals surface area (Å²) in [7, 11) is 0. The predicted octanol–water partition coefficient (Wildman–Crippen LogP) is 4.70. The Morgan fingerprint density at radius 3 is 2.58 bits per heavy atom. The van der Waals surface area contributed by atoms with Crippen LogP contribution in [0.1, 0.15) is 5.56 Å². The van der Waals surface area contributed by atoms with Crippen molar-refractivity contribution in [3.8, 4) is 5.75 Å². The minimum absolute atomic E-state index is 0.0374. The Bertz CT molecular complexity index is 617. The van der Waals surface area contributed by atoms with Crippen LogP contribution in [0.2, 0.25) is 0 Å². The van der Waals surface area contributed by atoms with Gasteiger partial charge in [0.2, 0.25) is 0 Å². The summed E-state index contributed by atoms with van der Waals surface area (Å²) in [6, 6.07) is 12.3. The van der Waals surface area contributed by atoms with Crippen LogP contribution in [0.25, 0.3) is 0 Å². The first-order chi connectivity index (χ1) is 9.08. The highest BCUT2D eigenvalue weighted by atomic mass is 79.9. The van der Waals surface area contributed by atoms with Crippen molar-refractivity contribution in [3.05, 3.63) is 67.1 Å². The number of nitro benzene ring substituents is 1. The number of nitro groups is 1. The molecule has 0 saturated carbocycles. The number of ether oxygens (including phenoxy) is 1. The normalized spacial score (nSPS) is 10.2. The summed E-state index contributed by atoms with van der Waals surface area (Å²) in [5.74, 6) is 0.702. The Morgan fingerprint density at radius 1 is 1.16 bits per heavy atom. The van der Waals surface area contributed by atoms with Crippen molar-refractivity contribution >= 4 is 37.5 Å². The summed E-state index contributed by atoms with van der Waals surface area (Å²) in [5.41, 5.74) is 0.768. The van der Waals surface area contributed by atoms with E-state index in [1.54, 1.807) is 12.1 Å². The molecule has 19 heavy (non-hydrogen) atoms. The van der Waals surface area contributed by atoms with E-state index < -0.39 is 4.92 Å². The lowest BCUT2D eigenvalue weighted by atomic mass is 10.2. The van der Waals surface area contributed by atoms with Crippen LogP contribution < -0.4 is 4.74 Å². The van der Waals surface area contributed by atoms with E-state index in [4.69, 9.17) is 4.74 Å². The highest BCUT2D eigenvalue weighted by Gasteiger charge is 2.14. The average molecular weight is 387 g/mol. The number of benzene rings is 2. The van der Waals surface area contributed by atoms with Gasteiger partial charge >= 0.3 is 0 Å². The Morgan fingerprint density at radius 2 is 1.89 bits per heavy atom. The van der Waals surface area contributed by atoms with E-state index in [1.807, 2.05) is 24.3 Å². The van der Waals surface area contributed by atoms with E-state index in [0.29, 0.717) is 10.2 Å². The van der Waals surface area contributed by atoms with E-state index >= 15 is 0 Å². The number of rotatable bonds is 4. The lowest BCUT2D eigenvalue weighted by Crippen LogP contribution is -1.99. The lowest BCUT2D eigenvalue weighted by molar-refractivity contribution is -0.385. The highest BCUT2D eigenvalue weighted by molar-refractivity contribution is 9.10. The third kappa shape index (κ3) is 3.54. The maximum absolute atomic E-state index is 10.8. The molecule has 0 unspecified atom stereocenters. The second-order valence-corrected chi connectivity index (χ2v) is 5.46. The minimum atomic E-state index is -0.424. The first kappa shape index (κ1) is 14.0. The SMILES string of the molecule is O=[N+]([O-])c1cccc(COc2cccc(Br)c2)c1Br. The summed E-state index contributed by atoms with van der Waals surface area (Å²) in [6.45, 7) is 0.263.